The molecule has 0 amide bonds. The highest BCUT2D eigenvalue weighted by atomic mass is 19.3. The third kappa shape index (κ3) is 4.22. The van der Waals surface area contributed by atoms with Crippen molar-refractivity contribution < 1.29 is 27.0 Å². The van der Waals surface area contributed by atoms with Crippen LogP contribution in [0.3, 0.4) is 0 Å². The minimum Gasteiger partial charge on any atom is -0.497 e. The molecule has 0 fully saturated rings. The summed E-state index contributed by atoms with van der Waals surface area (Å²) in [6.45, 7) is -1.44. The minimum absolute atomic E-state index is 0.147. The molecule has 0 unspecified atom stereocenters. The Hall–Kier alpha value is -1.30. The number of benzene rings is 1. The summed E-state index contributed by atoms with van der Waals surface area (Å²) < 4.78 is 58.0. The molecule has 1 aromatic rings. The molecule has 0 saturated carbocycles. The molecule has 0 spiro atoms. The van der Waals surface area contributed by atoms with Crippen LogP contribution in [0.25, 0.3) is 0 Å². The number of rotatable bonds is 6. The maximum absolute atomic E-state index is 12.5. The molecule has 0 heterocycles. The van der Waals surface area contributed by atoms with Gasteiger partial charge in [0.25, 0.3) is 0 Å². The number of halogens is 4. The van der Waals surface area contributed by atoms with Crippen LogP contribution >= 0.6 is 0 Å². The summed E-state index contributed by atoms with van der Waals surface area (Å²) in [4.78, 5) is 0. The standard InChI is InChI=1S/C11H12F4O2/c1-16-9-4-2-8(3-5-9)6-17-7-11(14,15)10(12)13/h2-5,10H,6-7H2,1H3. The van der Waals surface area contributed by atoms with Crippen molar-refractivity contribution in [2.75, 3.05) is 13.7 Å². The van der Waals surface area contributed by atoms with Gasteiger partial charge in [0.2, 0.25) is 0 Å². The minimum atomic E-state index is -4.10. The van der Waals surface area contributed by atoms with Gasteiger partial charge < -0.3 is 9.47 Å². The van der Waals surface area contributed by atoms with Crippen LogP contribution in [0.4, 0.5) is 17.6 Å². The van der Waals surface area contributed by atoms with Crippen LogP contribution in [0.15, 0.2) is 24.3 Å². The molecule has 1 aromatic carbocycles. The van der Waals surface area contributed by atoms with Crippen molar-refractivity contribution >= 4 is 0 Å². The second kappa shape index (κ2) is 5.86. The SMILES string of the molecule is COc1ccc(COCC(F)(F)C(F)F)cc1. The van der Waals surface area contributed by atoms with Gasteiger partial charge in [-0.15, -0.1) is 0 Å². The summed E-state index contributed by atoms with van der Waals surface area (Å²) in [5, 5.41) is 0. The second-order valence-electron chi connectivity index (χ2n) is 3.40. The predicted molar refractivity (Wildman–Crippen MR) is 53.6 cm³/mol. The van der Waals surface area contributed by atoms with Gasteiger partial charge in [0.05, 0.1) is 13.7 Å². The lowest BCUT2D eigenvalue weighted by Crippen LogP contribution is -2.32. The van der Waals surface area contributed by atoms with E-state index in [0.717, 1.165) is 0 Å². The van der Waals surface area contributed by atoms with Gasteiger partial charge in [-0.3, -0.25) is 0 Å². The molecule has 0 saturated heterocycles. The van der Waals surface area contributed by atoms with Gasteiger partial charge >= 0.3 is 12.3 Å². The first-order valence-corrected chi connectivity index (χ1v) is 4.82. The van der Waals surface area contributed by atoms with E-state index in [-0.39, 0.29) is 6.61 Å². The third-order valence-corrected chi connectivity index (χ3v) is 2.04. The fraction of sp³-hybridized carbons (Fsp3) is 0.455. The highest BCUT2D eigenvalue weighted by molar-refractivity contribution is 5.26. The summed E-state index contributed by atoms with van der Waals surface area (Å²) in [5.74, 6) is -3.49. The maximum atomic E-state index is 12.5. The van der Waals surface area contributed by atoms with Crippen LogP contribution in [0.1, 0.15) is 5.56 Å². The molecule has 0 atom stereocenters. The lowest BCUT2D eigenvalue weighted by molar-refractivity contribution is -0.168. The lowest BCUT2D eigenvalue weighted by Gasteiger charge is -2.15. The van der Waals surface area contributed by atoms with Crippen LogP contribution in [-0.2, 0) is 11.3 Å². The monoisotopic (exact) mass is 252 g/mol. The number of ether oxygens (including phenoxy) is 2. The van der Waals surface area contributed by atoms with E-state index in [2.05, 4.69) is 4.74 Å². The first-order valence-electron chi connectivity index (χ1n) is 4.82. The molecule has 0 bridgehead atoms. The fourth-order valence-electron chi connectivity index (χ4n) is 1.09. The van der Waals surface area contributed by atoms with E-state index in [0.29, 0.717) is 11.3 Å². The molecule has 0 N–H and O–H groups in total. The molecule has 1 rings (SSSR count). The zero-order valence-corrected chi connectivity index (χ0v) is 9.13. The van der Waals surface area contributed by atoms with Gasteiger partial charge in [0, 0.05) is 0 Å². The zero-order valence-electron chi connectivity index (χ0n) is 9.13. The van der Waals surface area contributed by atoms with Crippen molar-refractivity contribution in [3.05, 3.63) is 29.8 Å². The summed E-state index contributed by atoms with van der Waals surface area (Å²) >= 11 is 0. The van der Waals surface area contributed by atoms with Crippen LogP contribution in [0.2, 0.25) is 0 Å². The van der Waals surface area contributed by atoms with Crippen LogP contribution in [-0.4, -0.2) is 26.1 Å². The zero-order chi connectivity index (χ0) is 12.9. The molecule has 2 nitrogen and oxygen atoms in total. The van der Waals surface area contributed by atoms with Crippen molar-refractivity contribution in [3.8, 4) is 5.75 Å². The highest BCUT2D eigenvalue weighted by Gasteiger charge is 2.40. The average molecular weight is 252 g/mol. The molecule has 0 radical (unpaired) electrons. The third-order valence-electron chi connectivity index (χ3n) is 2.04. The van der Waals surface area contributed by atoms with Crippen molar-refractivity contribution in [2.24, 2.45) is 0 Å². The summed E-state index contributed by atoms with van der Waals surface area (Å²) in [7, 11) is 1.49. The van der Waals surface area contributed by atoms with Crippen molar-refractivity contribution in [3.63, 3.8) is 0 Å². The number of alkyl halides is 4. The molecule has 6 heteroatoms. The van der Waals surface area contributed by atoms with Crippen molar-refractivity contribution in [1.82, 2.24) is 0 Å². The molecule has 0 aliphatic heterocycles. The molecular formula is C11H12F4O2. The van der Waals surface area contributed by atoms with Gasteiger partial charge in [-0.2, -0.15) is 8.78 Å². The van der Waals surface area contributed by atoms with E-state index >= 15 is 0 Å². The number of hydrogen-bond donors (Lipinski definition) is 0. The fourth-order valence-corrected chi connectivity index (χ4v) is 1.09. The van der Waals surface area contributed by atoms with Gasteiger partial charge in [-0.25, -0.2) is 8.78 Å². The first kappa shape index (κ1) is 13.8. The summed E-state index contributed by atoms with van der Waals surface area (Å²) in [6, 6.07) is 6.48. The number of methoxy groups -OCH3 is 1. The van der Waals surface area contributed by atoms with E-state index in [4.69, 9.17) is 4.74 Å². The lowest BCUT2D eigenvalue weighted by atomic mass is 10.2. The van der Waals surface area contributed by atoms with Gasteiger partial charge in [0.15, 0.2) is 0 Å². The van der Waals surface area contributed by atoms with Crippen LogP contribution < -0.4 is 4.74 Å². The van der Waals surface area contributed by atoms with Gasteiger partial charge in [-0.1, -0.05) is 12.1 Å². The number of hydrogen-bond acceptors (Lipinski definition) is 2. The maximum Gasteiger partial charge on any atom is 0.330 e. The van der Waals surface area contributed by atoms with E-state index in [1.165, 1.54) is 7.11 Å². The molecule has 0 aliphatic rings. The van der Waals surface area contributed by atoms with Crippen molar-refractivity contribution in [2.45, 2.75) is 19.0 Å². The summed E-state index contributed by atoms with van der Waals surface area (Å²) in [5.41, 5.74) is 0.607. The van der Waals surface area contributed by atoms with Gasteiger partial charge in [0.1, 0.15) is 12.4 Å². The quantitative estimate of drug-likeness (QED) is 0.724. The Labute approximate surface area is 96.1 Å². The second-order valence-corrected chi connectivity index (χ2v) is 3.40. The van der Waals surface area contributed by atoms with Gasteiger partial charge in [-0.05, 0) is 17.7 Å². The van der Waals surface area contributed by atoms with E-state index in [9.17, 15) is 17.6 Å². The Morgan fingerprint density at radius 1 is 1.18 bits per heavy atom. The normalized spacial score (nSPS) is 11.9. The van der Waals surface area contributed by atoms with Crippen LogP contribution in [0, 0.1) is 0 Å². The molecule has 0 aliphatic carbocycles. The molecule has 96 valence electrons. The Morgan fingerprint density at radius 3 is 2.24 bits per heavy atom. The molecular weight excluding hydrogens is 240 g/mol. The Morgan fingerprint density at radius 2 is 1.76 bits per heavy atom. The average Bonchev–Trinajstić information content (AvgIpc) is 2.29. The predicted octanol–water partition coefficient (Wildman–Crippen LogP) is 3.11. The largest absolute Gasteiger partial charge is 0.497 e. The van der Waals surface area contributed by atoms with Crippen molar-refractivity contribution in [1.29, 1.82) is 0 Å². The Kier molecular flexibility index (Phi) is 4.74. The topological polar surface area (TPSA) is 18.5 Å². The summed E-state index contributed by atoms with van der Waals surface area (Å²) in [6.07, 6.45) is -3.71. The first-order chi connectivity index (χ1) is 7.95. The van der Waals surface area contributed by atoms with Crippen LogP contribution in [0.5, 0.6) is 5.75 Å². The smallest absolute Gasteiger partial charge is 0.330 e. The Balaban J connectivity index is 2.40. The van der Waals surface area contributed by atoms with E-state index < -0.39 is 19.0 Å². The van der Waals surface area contributed by atoms with E-state index in [1.54, 1.807) is 24.3 Å². The molecule has 17 heavy (non-hydrogen) atoms. The van der Waals surface area contributed by atoms with E-state index in [1.807, 2.05) is 0 Å². The molecule has 0 aromatic heterocycles. The Bertz CT molecular complexity index is 338. The highest BCUT2D eigenvalue weighted by Crippen LogP contribution is 2.23.